The lowest BCUT2D eigenvalue weighted by Crippen LogP contribution is -2.60. The van der Waals surface area contributed by atoms with Crippen LogP contribution in [0, 0.1) is 10.1 Å². The highest BCUT2D eigenvalue weighted by Gasteiger charge is 2.49. The first-order valence-electron chi connectivity index (χ1n) is 5.96. The number of fused-ring (bicyclic) bond motifs is 1. The zero-order chi connectivity index (χ0) is 14.5. The summed E-state index contributed by atoms with van der Waals surface area (Å²) in [5, 5.41) is 16.2. The van der Waals surface area contributed by atoms with Crippen LogP contribution in [0.4, 0.5) is 5.00 Å². The zero-order valence-electron chi connectivity index (χ0n) is 10.5. The maximum absolute atomic E-state index is 12.0. The summed E-state index contributed by atoms with van der Waals surface area (Å²) >= 11 is 1.00. The van der Waals surface area contributed by atoms with Gasteiger partial charge in [0.2, 0.25) is 11.8 Å². The Morgan fingerprint density at radius 1 is 1.55 bits per heavy atom. The molecule has 2 amide bonds. The predicted molar refractivity (Wildman–Crippen MR) is 67.9 cm³/mol. The van der Waals surface area contributed by atoms with E-state index >= 15 is 0 Å². The summed E-state index contributed by atoms with van der Waals surface area (Å²) in [4.78, 5) is 39.2. The highest BCUT2D eigenvalue weighted by atomic mass is 32.1. The number of rotatable bonds is 2. The molecule has 0 saturated carbocycles. The summed E-state index contributed by atoms with van der Waals surface area (Å²) in [5.74, 6) is -0.343. The lowest BCUT2D eigenvalue weighted by atomic mass is 9.90. The predicted octanol–water partition coefficient (Wildman–Crippen LogP) is 0.961. The van der Waals surface area contributed by atoms with E-state index in [0.29, 0.717) is 17.7 Å². The molecule has 20 heavy (non-hydrogen) atoms. The van der Waals surface area contributed by atoms with Gasteiger partial charge in [0.05, 0.1) is 11.5 Å². The van der Waals surface area contributed by atoms with Gasteiger partial charge >= 0.3 is 5.00 Å². The van der Waals surface area contributed by atoms with Gasteiger partial charge in [0.15, 0.2) is 5.75 Å². The van der Waals surface area contributed by atoms with E-state index in [2.05, 4.69) is 5.32 Å². The molecule has 0 spiro atoms. The Morgan fingerprint density at radius 3 is 2.95 bits per heavy atom. The normalized spacial score (nSPS) is 26.1. The minimum absolute atomic E-state index is 0.0263. The number of hydrogen-bond acceptors (Lipinski definition) is 7. The van der Waals surface area contributed by atoms with E-state index in [0.717, 1.165) is 11.3 Å². The fourth-order valence-corrected chi connectivity index (χ4v) is 3.13. The molecule has 2 aliphatic rings. The van der Waals surface area contributed by atoms with Gasteiger partial charge in [-0.25, -0.2) is 0 Å². The number of carbonyl (C=O) groups is 2. The molecule has 9 heteroatoms. The first-order chi connectivity index (χ1) is 9.41. The van der Waals surface area contributed by atoms with Gasteiger partial charge in [-0.15, -0.1) is 5.06 Å². The molecule has 1 atom stereocenters. The van der Waals surface area contributed by atoms with Gasteiger partial charge in [0.25, 0.3) is 0 Å². The summed E-state index contributed by atoms with van der Waals surface area (Å²) in [6.45, 7) is 1.82. The molecule has 106 valence electrons. The third-order valence-electron chi connectivity index (χ3n) is 3.64. The van der Waals surface area contributed by atoms with Gasteiger partial charge in [-0.3, -0.25) is 25.0 Å². The molecule has 0 aliphatic carbocycles. The van der Waals surface area contributed by atoms with Gasteiger partial charge in [-0.2, -0.15) is 0 Å². The van der Waals surface area contributed by atoms with Crippen molar-refractivity contribution in [3.8, 4) is 5.75 Å². The number of hydroxylamine groups is 2. The molecular formula is C11H11N3O5S. The number of amides is 2. The van der Waals surface area contributed by atoms with E-state index in [1.807, 2.05) is 0 Å². The molecule has 1 aromatic rings. The topological polar surface area (TPSA) is 102 Å². The number of nitrogens with one attached hydrogen (secondary N) is 1. The van der Waals surface area contributed by atoms with Crippen LogP contribution in [0.5, 0.6) is 5.75 Å². The van der Waals surface area contributed by atoms with E-state index in [-0.39, 0.29) is 23.9 Å². The summed E-state index contributed by atoms with van der Waals surface area (Å²) in [6.07, 6.45) is 0.538. The molecular weight excluding hydrogens is 286 g/mol. The lowest BCUT2D eigenvalue weighted by molar-refractivity contribution is -0.380. The molecule has 1 aromatic heterocycles. The van der Waals surface area contributed by atoms with Crippen LogP contribution in [0.1, 0.15) is 25.3 Å². The molecule has 1 fully saturated rings. The van der Waals surface area contributed by atoms with Crippen molar-refractivity contribution in [2.45, 2.75) is 31.8 Å². The molecule has 1 N–H and O–H groups in total. The van der Waals surface area contributed by atoms with Crippen molar-refractivity contribution >= 4 is 28.2 Å². The van der Waals surface area contributed by atoms with Crippen molar-refractivity contribution in [2.75, 3.05) is 0 Å². The maximum Gasteiger partial charge on any atom is 0.332 e. The minimum Gasteiger partial charge on any atom is -0.403 e. The number of nitro groups is 1. The Kier molecular flexibility index (Phi) is 2.76. The molecule has 8 nitrogen and oxygen atoms in total. The highest BCUT2D eigenvalue weighted by Crippen LogP contribution is 2.44. The SMILES string of the molecule is C[C@@]1(N2Cc3c(csc3[N+](=O)[O-])O2)CCC(=O)NC1=O. The summed E-state index contributed by atoms with van der Waals surface area (Å²) in [6, 6.07) is 0. The van der Waals surface area contributed by atoms with Crippen LogP contribution >= 0.6 is 11.3 Å². The zero-order valence-corrected chi connectivity index (χ0v) is 11.4. The summed E-state index contributed by atoms with van der Waals surface area (Å²) in [5.41, 5.74) is -0.524. The average Bonchev–Trinajstić information content (AvgIpc) is 2.93. The molecule has 0 aromatic carbocycles. The second kappa shape index (κ2) is 4.25. The second-order valence-electron chi connectivity index (χ2n) is 4.92. The smallest absolute Gasteiger partial charge is 0.332 e. The van der Waals surface area contributed by atoms with Gasteiger partial charge < -0.3 is 4.84 Å². The van der Waals surface area contributed by atoms with Crippen molar-refractivity contribution in [1.29, 1.82) is 0 Å². The minimum atomic E-state index is -1.00. The summed E-state index contributed by atoms with van der Waals surface area (Å²) in [7, 11) is 0. The molecule has 3 heterocycles. The quantitative estimate of drug-likeness (QED) is 0.495. The largest absolute Gasteiger partial charge is 0.403 e. The van der Waals surface area contributed by atoms with Gasteiger partial charge in [0.1, 0.15) is 11.1 Å². The van der Waals surface area contributed by atoms with Crippen molar-refractivity contribution in [1.82, 2.24) is 10.4 Å². The molecule has 1 saturated heterocycles. The molecule has 2 aliphatic heterocycles. The van der Waals surface area contributed by atoms with E-state index in [1.54, 1.807) is 12.3 Å². The van der Waals surface area contributed by atoms with Crippen LogP contribution < -0.4 is 10.2 Å². The van der Waals surface area contributed by atoms with E-state index in [9.17, 15) is 19.7 Å². The monoisotopic (exact) mass is 297 g/mol. The van der Waals surface area contributed by atoms with Crippen LogP contribution in [0.25, 0.3) is 0 Å². The molecule has 0 unspecified atom stereocenters. The van der Waals surface area contributed by atoms with E-state index in [1.165, 1.54) is 5.06 Å². The first kappa shape index (κ1) is 13.0. The van der Waals surface area contributed by atoms with Crippen molar-refractivity contribution < 1.29 is 19.3 Å². The number of nitrogens with zero attached hydrogens (tertiary/aromatic N) is 2. The van der Waals surface area contributed by atoms with Crippen molar-refractivity contribution in [2.24, 2.45) is 0 Å². The lowest BCUT2D eigenvalue weighted by Gasteiger charge is -2.37. The fourth-order valence-electron chi connectivity index (χ4n) is 2.33. The number of imide groups is 1. The highest BCUT2D eigenvalue weighted by molar-refractivity contribution is 7.13. The van der Waals surface area contributed by atoms with Crippen LogP contribution in [0.15, 0.2) is 5.38 Å². The number of piperidine rings is 1. The Hall–Kier alpha value is -2.00. The Balaban J connectivity index is 1.86. The Labute approximate surface area is 117 Å². The molecule has 3 rings (SSSR count). The van der Waals surface area contributed by atoms with Crippen LogP contribution in [0.3, 0.4) is 0 Å². The van der Waals surface area contributed by atoms with Crippen LogP contribution in [-0.2, 0) is 16.1 Å². The third-order valence-corrected chi connectivity index (χ3v) is 4.59. The van der Waals surface area contributed by atoms with Gasteiger partial charge in [0, 0.05) is 11.8 Å². The van der Waals surface area contributed by atoms with Gasteiger partial charge in [-0.1, -0.05) is 11.3 Å². The summed E-state index contributed by atoms with van der Waals surface area (Å²) < 4.78 is 0. The number of hydrogen-bond donors (Lipinski definition) is 1. The van der Waals surface area contributed by atoms with Crippen molar-refractivity contribution in [3.63, 3.8) is 0 Å². The number of carbonyl (C=O) groups excluding carboxylic acids is 2. The standard InChI is InChI=1S/C11H11N3O5S/c1-11(3-2-8(15)12-10(11)16)13-4-6-7(19-13)5-20-9(6)14(17)18/h5H,2-4H2,1H3,(H,12,15,16)/t11-/m1/s1. The van der Waals surface area contributed by atoms with Crippen molar-refractivity contribution in [3.05, 3.63) is 21.1 Å². The number of thiophene rings is 1. The van der Waals surface area contributed by atoms with Gasteiger partial charge in [-0.05, 0) is 13.3 Å². The van der Waals surface area contributed by atoms with E-state index in [4.69, 9.17) is 4.84 Å². The van der Waals surface area contributed by atoms with E-state index < -0.39 is 16.4 Å². The average molecular weight is 297 g/mol. The first-order valence-corrected chi connectivity index (χ1v) is 6.84. The van der Waals surface area contributed by atoms with Crippen LogP contribution in [-0.4, -0.2) is 27.3 Å². The Morgan fingerprint density at radius 2 is 2.30 bits per heavy atom. The third kappa shape index (κ3) is 1.78. The molecule has 0 bridgehead atoms. The fraction of sp³-hybridized carbons (Fsp3) is 0.455. The maximum atomic E-state index is 12.0. The molecule has 0 radical (unpaired) electrons. The van der Waals surface area contributed by atoms with Crippen LogP contribution in [0.2, 0.25) is 0 Å². The second-order valence-corrected chi connectivity index (χ2v) is 5.78. The Bertz CT molecular complexity index is 628.